The summed E-state index contributed by atoms with van der Waals surface area (Å²) in [6.45, 7) is 5.37. The standard InChI is InChI=1S/C8H12O2/c1-3-5-7(6-4-2)8(9)10/h3,6H,1,4-5H2,2H3,(H,9,10)/b7-6-. The molecule has 0 saturated carbocycles. The van der Waals surface area contributed by atoms with Crippen LogP contribution in [0.3, 0.4) is 0 Å². The van der Waals surface area contributed by atoms with Gasteiger partial charge in [-0.15, -0.1) is 6.58 Å². The molecule has 0 spiro atoms. The Morgan fingerprint density at radius 2 is 2.30 bits per heavy atom. The van der Waals surface area contributed by atoms with Crippen LogP contribution in [0.2, 0.25) is 0 Å². The summed E-state index contributed by atoms with van der Waals surface area (Å²) in [5.74, 6) is -0.846. The number of rotatable bonds is 4. The second kappa shape index (κ2) is 4.79. The fourth-order valence-corrected chi connectivity index (χ4v) is 0.660. The van der Waals surface area contributed by atoms with Crippen molar-refractivity contribution in [3.05, 3.63) is 24.3 Å². The van der Waals surface area contributed by atoms with Crippen LogP contribution in [-0.2, 0) is 4.79 Å². The van der Waals surface area contributed by atoms with E-state index < -0.39 is 5.97 Å². The van der Waals surface area contributed by atoms with Gasteiger partial charge in [0.05, 0.1) is 0 Å². The van der Waals surface area contributed by atoms with Crippen LogP contribution < -0.4 is 0 Å². The summed E-state index contributed by atoms with van der Waals surface area (Å²) in [5.41, 5.74) is 0.428. The van der Waals surface area contributed by atoms with Crippen LogP contribution >= 0.6 is 0 Å². The molecule has 0 amide bonds. The molecule has 0 aromatic rings. The van der Waals surface area contributed by atoms with Gasteiger partial charge in [-0.05, 0) is 12.8 Å². The third-order valence-corrected chi connectivity index (χ3v) is 1.09. The van der Waals surface area contributed by atoms with Gasteiger partial charge in [-0.1, -0.05) is 19.1 Å². The van der Waals surface area contributed by atoms with Gasteiger partial charge in [0.15, 0.2) is 0 Å². The molecule has 2 nitrogen and oxygen atoms in total. The second-order valence-electron chi connectivity index (χ2n) is 1.94. The van der Waals surface area contributed by atoms with Crippen LogP contribution in [0.15, 0.2) is 24.3 Å². The maximum atomic E-state index is 10.4. The van der Waals surface area contributed by atoms with E-state index in [1.807, 2.05) is 6.92 Å². The summed E-state index contributed by atoms with van der Waals surface area (Å²) in [6, 6.07) is 0. The molecule has 0 saturated heterocycles. The maximum Gasteiger partial charge on any atom is 0.331 e. The molecule has 0 rings (SSSR count). The highest BCUT2D eigenvalue weighted by Crippen LogP contribution is 2.02. The van der Waals surface area contributed by atoms with E-state index in [1.54, 1.807) is 12.2 Å². The van der Waals surface area contributed by atoms with E-state index >= 15 is 0 Å². The Morgan fingerprint density at radius 3 is 2.60 bits per heavy atom. The Labute approximate surface area is 60.9 Å². The number of allylic oxidation sites excluding steroid dienone is 2. The van der Waals surface area contributed by atoms with Crippen LogP contribution in [0, 0.1) is 0 Å². The zero-order chi connectivity index (χ0) is 7.98. The zero-order valence-corrected chi connectivity index (χ0v) is 6.13. The Balaban J connectivity index is 4.10. The fraction of sp³-hybridized carbons (Fsp3) is 0.375. The van der Waals surface area contributed by atoms with Gasteiger partial charge in [0.25, 0.3) is 0 Å². The van der Waals surface area contributed by atoms with Gasteiger partial charge >= 0.3 is 5.97 Å². The first-order chi connectivity index (χ1) is 4.72. The topological polar surface area (TPSA) is 37.3 Å². The molecule has 0 unspecified atom stereocenters. The average molecular weight is 140 g/mol. The minimum absolute atomic E-state index is 0.428. The summed E-state index contributed by atoms with van der Waals surface area (Å²) < 4.78 is 0. The molecule has 0 fully saturated rings. The van der Waals surface area contributed by atoms with E-state index in [0.717, 1.165) is 6.42 Å². The predicted octanol–water partition coefficient (Wildman–Crippen LogP) is 1.98. The molecule has 0 bridgehead atoms. The first kappa shape index (κ1) is 8.95. The molecule has 0 aliphatic rings. The Morgan fingerprint density at radius 1 is 1.70 bits per heavy atom. The lowest BCUT2D eigenvalue weighted by Gasteiger charge is -1.94. The van der Waals surface area contributed by atoms with Crippen LogP contribution in [0.25, 0.3) is 0 Å². The lowest BCUT2D eigenvalue weighted by molar-refractivity contribution is -0.132. The monoisotopic (exact) mass is 140 g/mol. The SMILES string of the molecule is C=CC/C(=C/CC)C(=O)O. The molecule has 0 heterocycles. The van der Waals surface area contributed by atoms with Gasteiger partial charge in [-0.3, -0.25) is 0 Å². The van der Waals surface area contributed by atoms with Crippen molar-refractivity contribution in [3.63, 3.8) is 0 Å². The molecule has 10 heavy (non-hydrogen) atoms. The van der Waals surface area contributed by atoms with Crippen molar-refractivity contribution >= 4 is 5.97 Å². The van der Waals surface area contributed by atoms with Crippen LogP contribution in [0.1, 0.15) is 19.8 Å². The maximum absolute atomic E-state index is 10.4. The molecule has 0 aromatic carbocycles. The summed E-state index contributed by atoms with van der Waals surface area (Å²) in [6.07, 6.45) is 4.50. The van der Waals surface area contributed by atoms with Gasteiger partial charge in [0.2, 0.25) is 0 Å². The van der Waals surface area contributed by atoms with E-state index in [-0.39, 0.29) is 0 Å². The van der Waals surface area contributed by atoms with Crippen molar-refractivity contribution in [2.75, 3.05) is 0 Å². The predicted molar refractivity (Wildman–Crippen MR) is 40.8 cm³/mol. The Hall–Kier alpha value is -1.05. The van der Waals surface area contributed by atoms with Crippen LogP contribution in [-0.4, -0.2) is 11.1 Å². The molecule has 56 valence electrons. The normalized spacial score (nSPS) is 11.1. The van der Waals surface area contributed by atoms with Gasteiger partial charge in [-0.2, -0.15) is 0 Å². The number of carboxylic acid groups (broad SMARTS) is 1. The third kappa shape index (κ3) is 3.07. The number of hydrogen-bond donors (Lipinski definition) is 1. The first-order valence-electron chi connectivity index (χ1n) is 3.25. The molecule has 0 radical (unpaired) electrons. The molecule has 1 N–H and O–H groups in total. The molecule has 0 aromatic heterocycles. The highest BCUT2D eigenvalue weighted by Gasteiger charge is 2.01. The summed E-state index contributed by atoms with van der Waals surface area (Å²) in [4.78, 5) is 10.4. The largest absolute Gasteiger partial charge is 0.478 e. The van der Waals surface area contributed by atoms with E-state index in [0.29, 0.717) is 12.0 Å². The minimum Gasteiger partial charge on any atom is -0.478 e. The third-order valence-electron chi connectivity index (χ3n) is 1.09. The number of aliphatic carboxylic acids is 1. The first-order valence-corrected chi connectivity index (χ1v) is 3.25. The Kier molecular flexibility index (Phi) is 4.29. The van der Waals surface area contributed by atoms with E-state index in [4.69, 9.17) is 5.11 Å². The Bertz CT molecular complexity index is 157. The quantitative estimate of drug-likeness (QED) is 0.479. The van der Waals surface area contributed by atoms with E-state index in [1.165, 1.54) is 0 Å². The van der Waals surface area contributed by atoms with E-state index in [2.05, 4.69) is 6.58 Å². The van der Waals surface area contributed by atoms with Gasteiger partial charge in [0.1, 0.15) is 0 Å². The zero-order valence-electron chi connectivity index (χ0n) is 6.13. The molecular weight excluding hydrogens is 128 g/mol. The summed E-state index contributed by atoms with van der Waals surface area (Å²) in [5, 5.41) is 8.52. The smallest absolute Gasteiger partial charge is 0.331 e. The lowest BCUT2D eigenvalue weighted by atomic mass is 10.1. The van der Waals surface area contributed by atoms with Crippen molar-refractivity contribution in [3.8, 4) is 0 Å². The molecular formula is C8H12O2. The fourth-order valence-electron chi connectivity index (χ4n) is 0.660. The van der Waals surface area contributed by atoms with Crippen molar-refractivity contribution in [1.29, 1.82) is 0 Å². The van der Waals surface area contributed by atoms with Crippen molar-refractivity contribution < 1.29 is 9.90 Å². The molecule has 0 atom stereocenters. The van der Waals surface area contributed by atoms with Crippen molar-refractivity contribution in [2.45, 2.75) is 19.8 Å². The lowest BCUT2D eigenvalue weighted by Crippen LogP contribution is -1.98. The number of carbonyl (C=O) groups is 1. The average Bonchev–Trinajstić information content (AvgIpc) is 1.87. The minimum atomic E-state index is -0.846. The van der Waals surface area contributed by atoms with Crippen LogP contribution in [0.4, 0.5) is 0 Å². The van der Waals surface area contributed by atoms with Gasteiger partial charge in [-0.25, -0.2) is 4.79 Å². The van der Waals surface area contributed by atoms with Gasteiger partial charge < -0.3 is 5.11 Å². The highest BCUT2D eigenvalue weighted by molar-refractivity contribution is 5.86. The number of hydrogen-bond acceptors (Lipinski definition) is 1. The summed E-state index contributed by atoms with van der Waals surface area (Å²) >= 11 is 0. The van der Waals surface area contributed by atoms with Crippen molar-refractivity contribution in [2.24, 2.45) is 0 Å². The van der Waals surface area contributed by atoms with Gasteiger partial charge in [0, 0.05) is 5.57 Å². The summed E-state index contributed by atoms with van der Waals surface area (Å²) in [7, 11) is 0. The van der Waals surface area contributed by atoms with Crippen molar-refractivity contribution in [1.82, 2.24) is 0 Å². The molecule has 0 aliphatic carbocycles. The number of carboxylic acids is 1. The second-order valence-corrected chi connectivity index (χ2v) is 1.94. The van der Waals surface area contributed by atoms with E-state index in [9.17, 15) is 4.79 Å². The highest BCUT2D eigenvalue weighted by atomic mass is 16.4. The molecule has 0 aliphatic heterocycles. The molecule has 2 heteroatoms. The van der Waals surface area contributed by atoms with Crippen LogP contribution in [0.5, 0.6) is 0 Å².